The standard InChI is InChI=1S/C14H17N3O2/c1-2-15-13-12(6-3-8-16-13)14(18)17-9-7-11-5-4-10-19-11/h3-6,8,10H,2,7,9H2,1H3,(H,15,16)(H,17,18). The van der Waals surface area contributed by atoms with Crippen LogP contribution in [-0.2, 0) is 6.42 Å². The summed E-state index contributed by atoms with van der Waals surface area (Å²) in [5.74, 6) is 1.34. The van der Waals surface area contributed by atoms with Crippen LogP contribution >= 0.6 is 0 Å². The second-order valence-corrected chi connectivity index (χ2v) is 4.02. The van der Waals surface area contributed by atoms with Gasteiger partial charge in [-0.25, -0.2) is 4.98 Å². The van der Waals surface area contributed by atoms with Crippen molar-refractivity contribution in [3.05, 3.63) is 48.0 Å². The summed E-state index contributed by atoms with van der Waals surface area (Å²) in [6.07, 6.45) is 3.97. The van der Waals surface area contributed by atoms with Crippen LogP contribution in [0.25, 0.3) is 0 Å². The van der Waals surface area contributed by atoms with Crippen LogP contribution in [0.15, 0.2) is 41.1 Å². The topological polar surface area (TPSA) is 67.2 Å². The number of nitrogens with one attached hydrogen (secondary N) is 2. The average Bonchev–Trinajstić information content (AvgIpc) is 2.93. The van der Waals surface area contributed by atoms with Gasteiger partial charge in [-0.2, -0.15) is 0 Å². The molecule has 2 heterocycles. The van der Waals surface area contributed by atoms with Crippen molar-refractivity contribution in [3.8, 4) is 0 Å². The Bertz CT molecular complexity index is 523. The van der Waals surface area contributed by atoms with Gasteiger partial charge in [0.1, 0.15) is 11.6 Å². The number of carbonyl (C=O) groups is 1. The Kier molecular flexibility index (Phi) is 4.55. The first-order valence-electron chi connectivity index (χ1n) is 6.30. The van der Waals surface area contributed by atoms with Crippen LogP contribution in [-0.4, -0.2) is 24.0 Å². The van der Waals surface area contributed by atoms with Crippen LogP contribution in [0.3, 0.4) is 0 Å². The zero-order valence-corrected chi connectivity index (χ0v) is 10.8. The molecule has 0 saturated carbocycles. The Morgan fingerprint density at radius 3 is 3.00 bits per heavy atom. The molecule has 0 radical (unpaired) electrons. The van der Waals surface area contributed by atoms with Crippen molar-refractivity contribution in [2.75, 3.05) is 18.4 Å². The largest absolute Gasteiger partial charge is 0.469 e. The number of hydrogen-bond acceptors (Lipinski definition) is 4. The molecule has 5 heteroatoms. The highest BCUT2D eigenvalue weighted by molar-refractivity contribution is 5.98. The molecule has 5 nitrogen and oxygen atoms in total. The molecule has 0 atom stereocenters. The van der Waals surface area contributed by atoms with Gasteiger partial charge in [0.2, 0.25) is 0 Å². The van der Waals surface area contributed by atoms with Crippen molar-refractivity contribution in [1.82, 2.24) is 10.3 Å². The maximum absolute atomic E-state index is 12.0. The molecule has 0 fully saturated rings. The third kappa shape index (κ3) is 3.58. The summed E-state index contributed by atoms with van der Waals surface area (Å²) in [7, 11) is 0. The summed E-state index contributed by atoms with van der Waals surface area (Å²) in [5.41, 5.74) is 0.559. The molecule has 19 heavy (non-hydrogen) atoms. The molecule has 1 amide bonds. The van der Waals surface area contributed by atoms with Gasteiger partial charge in [-0.15, -0.1) is 0 Å². The van der Waals surface area contributed by atoms with Crippen molar-refractivity contribution in [3.63, 3.8) is 0 Å². The fraction of sp³-hybridized carbons (Fsp3) is 0.286. The van der Waals surface area contributed by atoms with E-state index in [2.05, 4.69) is 15.6 Å². The molecule has 0 bridgehead atoms. The van der Waals surface area contributed by atoms with Crippen molar-refractivity contribution in [2.45, 2.75) is 13.3 Å². The van der Waals surface area contributed by atoms with E-state index in [1.165, 1.54) is 0 Å². The second kappa shape index (κ2) is 6.58. The molecule has 0 aliphatic heterocycles. The smallest absolute Gasteiger partial charge is 0.255 e. The monoisotopic (exact) mass is 259 g/mol. The molecule has 2 aromatic heterocycles. The molecule has 0 saturated heterocycles. The van der Waals surface area contributed by atoms with Crippen LogP contribution in [0.5, 0.6) is 0 Å². The average molecular weight is 259 g/mol. The zero-order valence-electron chi connectivity index (χ0n) is 10.8. The fourth-order valence-electron chi connectivity index (χ4n) is 1.75. The molecular weight excluding hydrogens is 242 g/mol. The Balaban J connectivity index is 1.92. The molecule has 0 aliphatic rings. The lowest BCUT2D eigenvalue weighted by atomic mass is 10.2. The third-order valence-electron chi connectivity index (χ3n) is 2.63. The van der Waals surface area contributed by atoms with Gasteiger partial charge < -0.3 is 15.1 Å². The number of anilines is 1. The summed E-state index contributed by atoms with van der Waals surface area (Å²) in [6.45, 7) is 3.23. The summed E-state index contributed by atoms with van der Waals surface area (Å²) in [6, 6.07) is 7.23. The molecule has 0 aromatic carbocycles. The van der Waals surface area contributed by atoms with E-state index in [0.29, 0.717) is 24.3 Å². The Labute approximate surface area is 112 Å². The van der Waals surface area contributed by atoms with Crippen LogP contribution in [0.2, 0.25) is 0 Å². The predicted octanol–water partition coefficient (Wildman–Crippen LogP) is 2.08. The Morgan fingerprint density at radius 1 is 1.37 bits per heavy atom. The van der Waals surface area contributed by atoms with E-state index in [1.807, 2.05) is 19.1 Å². The van der Waals surface area contributed by atoms with Crippen LogP contribution in [0.1, 0.15) is 23.0 Å². The molecule has 2 aromatic rings. The van der Waals surface area contributed by atoms with E-state index in [-0.39, 0.29) is 5.91 Å². The van der Waals surface area contributed by atoms with E-state index in [9.17, 15) is 4.79 Å². The maximum atomic E-state index is 12.0. The summed E-state index contributed by atoms with van der Waals surface area (Å²) >= 11 is 0. The van der Waals surface area contributed by atoms with Gasteiger partial charge in [0, 0.05) is 25.7 Å². The first-order chi connectivity index (χ1) is 9.31. The fourth-order valence-corrected chi connectivity index (χ4v) is 1.75. The number of nitrogens with zero attached hydrogens (tertiary/aromatic N) is 1. The molecule has 2 rings (SSSR count). The number of rotatable bonds is 6. The number of furan rings is 1. The molecule has 2 N–H and O–H groups in total. The van der Waals surface area contributed by atoms with Gasteiger partial charge in [0.25, 0.3) is 5.91 Å². The number of hydrogen-bond donors (Lipinski definition) is 2. The molecule has 100 valence electrons. The van der Waals surface area contributed by atoms with Gasteiger partial charge >= 0.3 is 0 Å². The number of carbonyl (C=O) groups excluding carboxylic acids is 1. The van der Waals surface area contributed by atoms with E-state index < -0.39 is 0 Å². The van der Waals surface area contributed by atoms with Crippen LogP contribution in [0.4, 0.5) is 5.82 Å². The van der Waals surface area contributed by atoms with Gasteiger partial charge in [-0.1, -0.05) is 0 Å². The summed E-state index contributed by atoms with van der Waals surface area (Å²) < 4.78 is 5.21. The van der Waals surface area contributed by atoms with E-state index in [4.69, 9.17) is 4.42 Å². The van der Waals surface area contributed by atoms with Crippen molar-refractivity contribution < 1.29 is 9.21 Å². The van der Waals surface area contributed by atoms with Gasteiger partial charge in [-0.05, 0) is 31.2 Å². The zero-order chi connectivity index (χ0) is 13.5. The highest BCUT2D eigenvalue weighted by atomic mass is 16.3. The number of aromatic nitrogens is 1. The lowest BCUT2D eigenvalue weighted by molar-refractivity contribution is 0.0954. The number of pyridine rings is 1. The maximum Gasteiger partial charge on any atom is 0.255 e. The second-order valence-electron chi connectivity index (χ2n) is 4.02. The highest BCUT2D eigenvalue weighted by Crippen LogP contribution is 2.10. The minimum absolute atomic E-state index is 0.129. The lowest BCUT2D eigenvalue weighted by Gasteiger charge is -2.09. The van der Waals surface area contributed by atoms with E-state index in [1.54, 1.807) is 24.6 Å². The molecule has 0 aliphatic carbocycles. The summed E-state index contributed by atoms with van der Waals surface area (Å²) in [4.78, 5) is 16.2. The predicted molar refractivity (Wildman–Crippen MR) is 73.1 cm³/mol. The first kappa shape index (κ1) is 13.1. The van der Waals surface area contributed by atoms with Crippen molar-refractivity contribution >= 4 is 11.7 Å². The Hall–Kier alpha value is -2.30. The van der Waals surface area contributed by atoms with Gasteiger partial charge in [0.15, 0.2) is 0 Å². The molecular formula is C14H17N3O2. The normalized spacial score (nSPS) is 10.2. The van der Waals surface area contributed by atoms with Crippen LogP contribution in [0, 0.1) is 0 Å². The van der Waals surface area contributed by atoms with E-state index >= 15 is 0 Å². The summed E-state index contributed by atoms with van der Waals surface area (Å²) in [5, 5.41) is 5.93. The van der Waals surface area contributed by atoms with Crippen molar-refractivity contribution in [2.24, 2.45) is 0 Å². The minimum Gasteiger partial charge on any atom is -0.469 e. The third-order valence-corrected chi connectivity index (χ3v) is 2.63. The number of amides is 1. The SMILES string of the molecule is CCNc1ncccc1C(=O)NCCc1ccco1. The van der Waals surface area contributed by atoms with Crippen LogP contribution < -0.4 is 10.6 Å². The molecule has 0 unspecified atom stereocenters. The highest BCUT2D eigenvalue weighted by Gasteiger charge is 2.11. The lowest BCUT2D eigenvalue weighted by Crippen LogP contribution is -2.26. The van der Waals surface area contributed by atoms with Crippen molar-refractivity contribution in [1.29, 1.82) is 0 Å². The first-order valence-corrected chi connectivity index (χ1v) is 6.30. The van der Waals surface area contributed by atoms with E-state index in [0.717, 1.165) is 12.3 Å². The van der Waals surface area contributed by atoms with Gasteiger partial charge in [0.05, 0.1) is 11.8 Å². The van der Waals surface area contributed by atoms with Gasteiger partial charge in [-0.3, -0.25) is 4.79 Å². The molecule has 0 spiro atoms. The quantitative estimate of drug-likeness (QED) is 0.833. The Morgan fingerprint density at radius 2 is 2.26 bits per heavy atom. The minimum atomic E-state index is -0.129.